The first kappa shape index (κ1) is 15.5. The quantitative estimate of drug-likeness (QED) is 0.818. The van der Waals surface area contributed by atoms with Crippen LogP contribution < -0.4 is 10.6 Å². The van der Waals surface area contributed by atoms with Crippen LogP contribution in [0, 0.1) is 0 Å². The molecule has 1 amide bonds. The molecule has 0 aliphatic heterocycles. The number of carbonyl (C=O) groups excluding carboxylic acids is 2. The van der Waals surface area contributed by atoms with E-state index in [-0.39, 0.29) is 17.7 Å². The van der Waals surface area contributed by atoms with E-state index in [1.807, 2.05) is 19.1 Å². The number of benzene rings is 1. The van der Waals surface area contributed by atoms with Crippen LogP contribution in [-0.2, 0) is 4.79 Å². The molecule has 1 unspecified atom stereocenters. The Balaban J connectivity index is 1.90. The number of hydrogen-bond acceptors (Lipinski definition) is 3. The van der Waals surface area contributed by atoms with Gasteiger partial charge in [-0.3, -0.25) is 9.59 Å². The van der Waals surface area contributed by atoms with E-state index in [9.17, 15) is 9.59 Å². The van der Waals surface area contributed by atoms with E-state index in [2.05, 4.69) is 10.6 Å². The lowest BCUT2D eigenvalue weighted by atomic mass is 9.95. The summed E-state index contributed by atoms with van der Waals surface area (Å²) in [7, 11) is 0. The summed E-state index contributed by atoms with van der Waals surface area (Å²) in [6.07, 6.45) is 5.84. The lowest BCUT2D eigenvalue weighted by Gasteiger charge is -2.25. The summed E-state index contributed by atoms with van der Waals surface area (Å²) in [5.74, 6) is 0.0492. The van der Waals surface area contributed by atoms with Crippen molar-refractivity contribution in [3.63, 3.8) is 0 Å². The summed E-state index contributed by atoms with van der Waals surface area (Å²) in [5, 5.41) is 6.27. The summed E-state index contributed by atoms with van der Waals surface area (Å²) in [5.41, 5.74) is 1.45. The fourth-order valence-corrected chi connectivity index (χ4v) is 2.72. The van der Waals surface area contributed by atoms with E-state index >= 15 is 0 Å². The molecule has 0 radical (unpaired) electrons. The number of rotatable bonds is 5. The van der Waals surface area contributed by atoms with Crippen molar-refractivity contribution in [1.29, 1.82) is 0 Å². The van der Waals surface area contributed by atoms with Gasteiger partial charge in [0.15, 0.2) is 5.78 Å². The number of carbonyl (C=O) groups is 2. The Morgan fingerprint density at radius 1 is 1.19 bits per heavy atom. The number of nitrogens with one attached hydrogen (secondary N) is 2. The molecular formula is C17H24N2O2. The van der Waals surface area contributed by atoms with Gasteiger partial charge in [0.05, 0.1) is 0 Å². The van der Waals surface area contributed by atoms with Crippen molar-refractivity contribution in [1.82, 2.24) is 5.32 Å². The predicted octanol–water partition coefficient (Wildman–Crippen LogP) is 3.14. The van der Waals surface area contributed by atoms with Crippen molar-refractivity contribution < 1.29 is 9.59 Å². The van der Waals surface area contributed by atoms with E-state index in [4.69, 9.17) is 0 Å². The van der Waals surface area contributed by atoms with Crippen molar-refractivity contribution in [3.05, 3.63) is 29.8 Å². The molecule has 21 heavy (non-hydrogen) atoms. The highest BCUT2D eigenvalue weighted by atomic mass is 16.2. The van der Waals surface area contributed by atoms with Gasteiger partial charge in [0.2, 0.25) is 5.91 Å². The van der Waals surface area contributed by atoms with Crippen molar-refractivity contribution in [2.45, 2.75) is 58.0 Å². The highest BCUT2D eigenvalue weighted by molar-refractivity contribution is 5.95. The van der Waals surface area contributed by atoms with Crippen molar-refractivity contribution in [2.75, 3.05) is 5.32 Å². The fourth-order valence-electron chi connectivity index (χ4n) is 2.72. The lowest BCUT2D eigenvalue weighted by molar-refractivity contribution is -0.122. The Labute approximate surface area is 126 Å². The van der Waals surface area contributed by atoms with Crippen LogP contribution in [0.4, 0.5) is 5.69 Å². The molecule has 1 aliphatic rings. The number of hydrogen-bond donors (Lipinski definition) is 2. The van der Waals surface area contributed by atoms with Crippen LogP contribution in [0.3, 0.4) is 0 Å². The van der Waals surface area contributed by atoms with Gasteiger partial charge >= 0.3 is 0 Å². The van der Waals surface area contributed by atoms with Crippen LogP contribution >= 0.6 is 0 Å². The Kier molecular flexibility index (Phi) is 5.37. The Bertz CT molecular complexity index is 507. The SMILES string of the molecule is CC(=O)c1cccc(NC(C)C(=O)NC2CCCCC2)c1. The average Bonchev–Trinajstić information content (AvgIpc) is 2.48. The topological polar surface area (TPSA) is 58.2 Å². The van der Waals surface area contributed by atoms with Crippen LogP contribution in [0.2, 0.25) is 0 Å². The molecule has 1 aromatic carbocycles. The second kappa shape index (κ2) is 7.25. The predicted molar refractivity (Wildman–Crippen MR) is 84.5 cm³/mol. The molecule has 0 aromatic heterocycles. The molecule has 1 fully saturated rings. The standard InChI is InChI=1S/C17H24N2O2/c1-12(17(21)19-15-8-4-3-5-9-15)18-16-10-6-7-14(11-16)13(2)20/h6-7,10-12,15,18H,3-5,8-9H2,1-2H3,(H,19,21). The summed E-state index contributed by atoms with van der Waals surface area (Å²) >= 11 is 0. The van der Waals surface area contributed by atoms with Gasteiger partial charge in [-0.2, -0.15) is 0 Å². The highest BCUT2D eigenvalue weighted by Crippen LogP contribution is 2.18. The van der Waals surface area contributed by atoms with E-state index < -0.39 is 0 Å². The third kappa shape index (κ3) is 4.59. The van der Waals surface area contributed by atoms with Crippen LogP contribution in [0.1, 0.15) is 56.3 Å². The zero-order chi connectivity index (χ0) is 15.2. The first-order chi connectivity index (χ1) is 10.1. The molecule has 0 bridgehead atoms. The number of anilines is 1. The largest absolute Gasteiger partial charge is 0.374 e. The Morgan fingerprint density at radius 2 is 1.90 bits per heavy atom. The van der Waals surface area contributed by atoms with Crippen LogP contribution in [0.5, 0.6) is 0 Å². The molecular weight excluding hydrogens is 264 g/mol. The smallest absolute Gasteiger partial charge is 0.242 e. The van der Waals surface area contributed by atoms with Gasteiger partial charge in [-0.05, 0) is 38.8 Å². The van der Waals surface area contributed by atoms with Gasteiger partial charge in [0.25, 0.3) is 0 Å². The van der Waals surface area contributed by atoms with E-state index in [0.717, 1.165) is 18.5 Å². The minimum absolute atomic E-state index is 0.0233. The maximum atomic E-state index is 12.2. The van der Waals surface area contributed by atoms with Gasteiger partial charge in [-0.15, -0.1) is 0 Å². The number of ketones is 1. The van der Waals surface area contributed by atoms with Crippen molar-refractivity contribution in [3.8, 4) is 0 Å². The van der Waals surface area contributed by atoms with Gasteiger partial charge in [0.1, 0.15) is 6.04 Å². The number of amides is 1. The third-order valence-corrected chi connectivity index (χ3v) is 4.00. The zero-order valence-corrected chi connectivity index (χ0v) is 12.8. The molecule has 2 rings (SSSR count). The Hall–Kier alpha value is -1.84. The molecule has 4 heteroatoms. The van der Waals surface area contributed by atoms with E-state index in [1.165, 1.54) is 19.3 Å². The molecule has 1 aliphatic carbocycles. The second-order valence-corrected chi connectivity index (χ2v) is 5.85. The van der Waals surface area contributed by atoms with Gasteiger partial charge in [-0.25, -0.2) is 0 Å². The van der Waals surface area contributed by atoms with Crippen LogP contribution in [0.25, 0.3) is 0 Å². The molecule has 0 saturated heterocycles. The van der Waals surface area contributed by atoms with E-state index in [0.29, 0.717) is 11.6 Å². The van der Waals surface area contributed by atoms with Gasteiger partial charge in [0, 0.05) is 17.3 Å². The first-order valence-corrected chi connectivity index (χ1v) is 7.74. The molecule has 1 atom stereocenters. The third-order valence-electron chi connectivity index (χ3n) is 4.00. The highest BCUT2D eigenvalue weighted by Gasteiger charge is 2.19. The summed E-state index contributed by atoms with van der Waals surface area (Å²) in [6, 6.07) is 7.27. The minimum Gasteiger partial charge on any atom is -0.374 e. The van der Waals surface area contributed by atoms with Gasteiger partial charge < -0.3 is 10.6 Å². The molecule has 114 valence electrons. The lowest BCUT2D eigenvalue weighted by Crippen LogP contribution is -2.44. The molecule has 0 heterocycles. The monoisotopic (exact) mass is 288 g/mol. The number of Topliss-reactive ketones (excluding diaryl/α,β-unsaturated/α-hetero) is 1. The normalized spacial score (nSPS) is 17.0. The molecule has 1 saturated carbocycles. The molecule has 1 aromatic rings. The molecule has 4 nitrogen and oxygen atoms in total. The fraction of sp³-hybridized carbons (Fsp3) is 0.529. The van der Waals surface area contributed by atoms with Crippen LogP contribution in [-0.4, -0.2) is 23.8 Å². The van der Waals surface area contributed by atoms with Gasteiger partial charge in [-0.1, -0.05) is 31.4 Å². The average molecular weight is 288 g/mol. The molecule has 2 N–H and O–H groups in total. The maximum absolute atomic E-state index is 12.2. The van der Waals surface area contributed by atoms with Crippen molar-refractivity contribution in [2.24, 2.45) is 0 Å². The first-order valence-electron chi connectivity index (χ1n) is 7.74. The van der Waals surface area contributed by atoms with Crippen molar-refractivity contribution >= 4 is 17.4 Å². The maximum Gasteiger partial charge on any atom is 0.242 e. The van der Waals surface area contributed by atoms with E-state index in [1.54, 1.807) is 19.1 Å². The minimum atomic E-state index is -0.311. The molecule has 0 spiro atoms. The summed E-state index contributed by atoms with van der Waals surface area (Å²) in [6.45, 7) is 3.39. The Morgan fingerprint density at radius 3 is 2.57 bits per heavy atom. The zero-order valence-electron chi connectivity index (χ0n) is 12.8. The van der Waals surface area contributed by atoms with Crippen LogP contribution in [0.15, 0.2) is 24.3 Å². The summed E-state index contributed by atoms with van der Waals surface area (Å²) < 4.78 is 0. The second-order valence-electron chi connectivity index (χ2n) is 5.85. The summed E-state index contributed by atoms with van der Waals surface area (Å²) in [4.78, 5) is 23.6.